The van der Waals surface area contributed by atoms with Crippen LogP contribution in [0.4, 0.5) is 5.88 Å². The fraction of sp³-hybridized carbons (Fsp3) is 0.100. The molecule has 2 aromatic rings. The van der Waals surface area contributed by atoms with E-state index in [1.54, 1.807) is 13.0 Å². The van der Waals surface area contributed by atoms with Crippen LogP contribution in [0.1, 0.15) is 16.1 Å². The van der Waals surface area contributed by atoms with Crippen molar-refractivity contribution in [3.05, 3.63) is 35.8 Å². The molecule has 0 saturated carbocycles. The predicted molar refractivity (Wildman–Crippen MR) is 55.1 cm³/mol. The van der Waals surface area contributed by atoms with E-state index in [1.165, 1.54) is 18.5 Å². The largest absolute Gasteiger partial charge is 0.505 e. The maximum atomic E-state index is 11.7. The van der Waals surface area contributed by atoms with Crippen LogP contribution in [0, 0.1) is 6.92 Å². The third-order valence-electron chi connectivity index (χ3n) is 1.91. The van der Waals surface area contributed by atoms with Crippen molar-refractivity contribution < 1.29 is 14.4 Å². The highest BCUT2D eigenvalue weighted by Gasteiger charge is 2.12. The molecule has 0 saturated heterocycles. The Balaban J connectivity index is 2.18. The fourth-order valence-electron chi connectivity index (χ4n) is 1.18. The summed E-state index contributed by atoms with van der Waals surface area (Å²) in [5.74, 6) is -0.425. The van der Waals surface area contributed by atoms with Crippen LogP contribution >= 0.6 is 0 Å². The Labute approximate surface area is 90.9 Å². The lowest BCUT2D eigenvalue weighted by Crippen LogP contribution is -2.11. The number of hydrogen-bond acceptors (Lipinski definition) is 5. The molecule has 0 aliphatic heterocycles. The van der Waals surface area contributed by atoms with Gasteiger partial charge in [-0.2, -0.15) is 0 Å². The van der Waals surface area contributed by atoms with Gasteiger partial charge >= 0.3 is 0 Å². The van der Waals surface area contributed by atoms with E-state index in [-0.39, 0.29) is 17.2 Å². The van der Waals surface area contributed by atoms with Crippen molar-refractivity contribution in [1.82, 2.24) is 10.1 Å². The zero-order chi connectivity index (χ0) is 11.5. The Morgan fingerprint density at radius 2 is 2.38 bits per heavy atom. The SMILES string of the molecule is Cc1cc(NC(=O)c2ccncc2O)on1. The van der Waals surface area contributed by atoms with Gasteiger partial charge in [-0.25, -0.2) is 0 Å². The first-order valence-electron chi connectivity index (χ1n) is 4.54. The number of anilines is 1. The molecule has 1 amide bonds. The number of aromatic nitrogens is 2. The molecule has 0 unspecified atom stereocenters. The standard InChI is InChI=1S/C10H9N3O3/c1-6-4-9(16-13-6)12-10(15)7-2-3-11-5-8(7)14/h2-5,14H,1H3,(H,12,15). The summed E-state index contributed by atoms with van der Waals surface area (Å²) in [4.78, 5) is 15.3. The van der Waals surface area contributed by atoms with Gasteiger partial charge in [0.1, 0.15) is 5.75 Å². The molecule has 0 aromatic carbocycles. The van der Waals surface area contributed by atoms with Crippen molar-refractivity contribution in [3.63, 3.8) is 0 Å². The summed E-state index contributed by atoms with van der Waals surface area (Å²) >= 11 is 0. The molecule has 2 rings (SSSR count). The predicted octanol–water partition coefficient (Wildman–Crippen LogP) is 1.34. The minimum atomic E-state index is -0.476. The topological polar surface area (TPSA) is 88.2 Å². The van der Waals surface area contributed by atoms with Gasteiger partial charge in [0, 0.05) is 12.3 Å². The van der Waals surface area contributed by atoms with E-state index in [9.17, 15) is 9.90 Å². The highest BCUT2D eigenvalue weighted by molar-refractivity contribution is 6.05. The number of aryl methyl sites for hydroxylation is 1. The Hall–Kier alpha value is -2.37. The maximum Gasteiger partial charge on any atom is 0.261 e. The summed E-state index contributed by atoms with van der Waals surface area (Å²) in [7, 11) is 0. The van der Waals surface area contributed by atoms with Gasteiger partial charge in [-0.05, 0) is 13.0 Å². The normalized spacial score (nSPS) is 10.1. The van der Waals surface area contributed by atoms with Crippen molar-refractivity contribution in [2.75, 3.05) is 5.32 Å². The van der Waals surface area contributed by atoms with Gasteiger partial charge in [-0.1, -0.05) is 5.16 Å². The highest BCUT2D eigenvalue weighted by atomic mass is 16.5. The van der Waals surface area contributed by atoms with Gasteiger partial charge in [-0.3, -0.25) is 15.1 Å². The summed E-state index contributed by atoms with van der Waals surface area (Å²) in [5.41, 5.74) is 0.790. The van der Waals surface area contributed by atoms with Crippen molar-refractivity contribution in [2.24, 2.45) is 0 Å². The number of carbonyl (C=O) groups excluding carboxylic acids is 1. The lowest BCUT2D eigenvalue weighted by Gasteiger charge is -2.02. The Morgan fingerprint density at radius 3 is 3.00 bits per heavy atom. The zero-order valence-electron chi connectivity index (χ0n) is 8.47. The molecule has 2 heterocycles. The van der Waals surface area contributed by atoms with Crippen molar-refractivity contribution >= 4 is 11.8 Å². The Bertz CT molecular complexity index is 522. The van der Waals surface area contributed by atoms with E-state index in [0.717, 1.165) is 0 Å². The minimum absolute atomic E-state index is 0.129. The summed E-state index contributed by atoms with van der Waals surface area (Å²) < 4.78 is 4.82. The van der Waals surface area contributed by atoms with Gasteiger partial charge in [0.2, 0.25) is 5.88 Å². The molecule has 0 radical (unpaired) electrons. The molecule has 0 aliphatic rings. The molecule has 82 valence electrons. The van der Waals surface area contributed by atoms with Gasteiger partial charge in [0.25, 0.3) is 5.91 Å². The van der Waals surface area contributed by atoms with Crippen LogP contribution in [-0.2, 0) is 0 Å². The number of nitrogens with zero attached hydrogens (tertiary/aromatic N) is 2. The lowest BCUT2D eigenvalue weighted by atomic mass is 10.2. The second-order valence-corrected chi connectivity index (χ2v) is 3.18. The number of rotatable bonds is 2. The number of carbonyl (C=O) groups is 1. The van der Waals surface area contributed by atoms with Crippen LogP contribution in [0.15, 0.2) is 29.0 Å². The molecule has 0 atom stereocenters. The molecule has 6 nitrogen and oxygen atoms in total. The lowest BCUT2D eigenvalue weighted by molar-refractivity contribution is 0.102. The van der Waals surface area contributed by atoms with Gasteiger partial charge in [0.05, 0.1) is 17.5 Å². The summed E-state index contributed by atoms with van der Waals surface area (Å²) in [6.45, 7) is 1.74. The van der Waals surface area contributed by atoms with Crippen molar-refractivity contribution in [3.8, 4) is 5.75 Å². The van der Waals surface area contributed by atoms with E-state index >= 15 is 0 Å². The van der Waals surface area contributed by atoms with E-state index in [0.29, 0.717) is 5.69 Å². The van der Waals surface area contributed by atoms with Crippen molar-refractivity contribution in [1.29, 1.82) is 0 Å². The maximum absolute atomic E-state index is 11.7. The molecule has 0 aliphatic carbocycles. The number of pyridine rings is 1. The van der Waals surface area contributed by atoms with E-state index in [4.69, 9.17) is 4.52 Å². The van der Waals surface area contributed by atoms with Crippen LogP contribution in [0.5, 0.6) is 5.75 Å². The molecule has 6 heteroatoms. The summed E-state index contributed by atoms with van der Waals surface area (Å²) in [6.07, 6.45) is 2.61. The van der Waals surface area contributed by atoms with E-state index < -0.39 is 5.91 Å². The fourth-order valence-corrected chi connectivity index (χ4v) is 1.18. The second kappa shape index (κ2) is 4.01. The third-order valence-corrected chi connectivity index (χ3v) is 1.91. The number of amides is 1. The molecule has 2 N–H and O–H groups in total. The molecule has 0 bridgehead atoms. The molecular formula is C10H9N3O3. The smallest absolute Gasteiger partial charge is 0.261 e. The van der Waals surface area contributed by atoms with E-state index in [1.807, 2.05) is 0 Å². The quantitative estimate of drug-likeness (QED) is 0.795. The second-order valence-electron chi connectivity index (χ2n) is 3.18. The Kier molecular flexibility index (Phi) is 2.55. The summed E-state index contributed by atoms with van der Waals surface area (Å²) in [5, 5.41) is 15.5. The van der Waals surface area contributed by atoms with Crippen LogP contribution < -0.4 is 5.32 Å². The van der Waals surface area contributed by atoms with Gasteiger partial charge in [0.15, 0.2) is 0 Å². The molecular weight excluding hydrogens is 210 g/mol. The zero-order valence-corrected chi connectivity index (χ0v) is 8.47. The van der Waals surface area contributed by atoms with Crippen LogP contribution in [-0.4, -0.2) is 21.2 Å². The van der Waals surface area contributed by atoms with E-state index in [2.05, 4.69) is 15.5 Å². The average Bonchev–Trinajstić information content (AvgIpc) is 2.64. The molecule has 16 heavy (non-hydrogen) atoms. The first-order chi connectivity index (χ1) is 7.66. The monoisotopic (exact) mass is 219 g/mol. The first-order valence-corrected chi connectivity index (χ1v) is 4.54. The van der Waals surface area contributed by atoms with Crippen LogP contribution in [0.2, 0.25) is 0 Å². The van der Waals surface area contributed by atoms with Gasteiger partial charge < -0.3 is 9.63 Å². The van der Waals surface area contributed by atoms with Crippen molar-refractivity contribution in [2.45, 2.75) is 6.92 Å². The van der Waals surface area contributed by atoms with Gasteiger partial charge in [-0.15, -0.1) is 0 Å². The summed E-state index contributed by atoms with van der Waals surface area (Å²) in [6, 6.07) is 2.99. The minimum Gasteiger partial charge on any atom is -0.505 e. The molecule has 0 spiro atoms. The molecule has 2 aromatic heterocycles. The third kappa shape index (κ3) is 2.00. The Morgan fingerprint density at radius 1 is 1.56 bits per heavy atom. The van der Waals surface area contributed by atoms with Crippen LogP contribution in [0.3, 0.4) is 0 Å². The number of nitrogens with one attached hydrogen (secondary N) is 1. The average molecular weight is 219 g/mol. The molecule has 0 fully saturated rings. The highest BCUT2D eigenvalue weighted by Crippen LogP contribution is 2.16. The number of hydrogen-bond donors (Lipinski definition) is 2. The first kappa shape index (κ1) is 10.2. The number of aromatic hydroxyl groups is 1. The van der Waals surface area contributed by atoms with Crippen LogP contribution in [0.25, 0.3) is 0 Å².